The van der Waals surface area contributed by atoms with Gasteiger partial charge in [0.05, 0.1) is 6.10 Å². The van der Waals surface area contributed by atoms with Gasteiger partial charge in [0.1, 0.15) is 5.82 Å². The van der Waals surface area contributed by atoms with Crippen molar-refractivity contribution in [2.75, 3.05) is 12.3 Å². The van der Waals surface area contributed by atoms with E-state index >= 15 is 0 Å². The minimum Gasteiger partial charge on any atom is -0.387 e. The first kappa shape index (κ1) is 16.5. The molecule has 116 valence electrons. The molecule has 0 radical (unpaired) electrons. The van der Waals surface area contributed by atoms with E-state index in [1.54, 1.807) is 11.8 Å². The topological polar surface area (TPSA) is 49.3 Å². The summed E-state index contributed by atoms with van der Waals surface area (Å²) in [7, 11) is 0. The third-order valence-corrected chi connectivity index (χ3v) is 4.10. The molecule has 0 saturated carbocycles. The van der Waals surface area contributed by atoms with E-state index in [1.807, 2.05) is 30.3 Å². The van der Waals surface area contributed by atoms with Gasteiger partial charge in [0.2, 0.25) is 5.91 Å². The Kier molecular flexibility index (Phi) is 6.43. The van der Waals surface area contributed by atoms with Crippen LogP contribution in [0.25, 0.3) is 0 Å². The lowest BCUT2D eigenvalue weighted by Gasteiger charge is -2.12. The zero-order valence-electron chi connectivity index (χ0n) is 12.0. The second-order valence-electron chi connectivity index (χ2n) is 4.78. The monoisotopic (exact) mass is 319 g/mol. The quantitative estimate of drug-likeness (QED) is 0.771. The molecule has 0 aliphatic carbocycles. The van der Waals surface area contributed by atoms with Crippen LogP contribution in [0.3, 0.4) is 0 Å². The summed E-state index contributed by atoms with van der Waals surface area (Å²) in [5.74, 6) is 0.227. The van der Waals surface area contributed by atoms with Crippen LogP contribution in [0.5, 0.6) is 0 Å². The van der Waals surface area contributed by atoms with Crippen molar-refractivity contribution in [2.24, 2.45) is 0 Å². The van der Waals surface area contributed by atoms with E-state index in [-0.39, 0.29) is 18.3 Å². The van der Waals surface area contributed by atoms with Crippen LogP contribution >= 0.6 is 11.8 Å². The highest BCUT2D eigenvalue weighted by molar-refractivity contribution is 7.99. The molecule has 0 aliphatic heterocycles. The molecule has 1 amide bonds. The fourth-order valence-electron chi connectivity index (χ4n) is 1.88. The Bertz CT molecular complexity index is 589. The molecule has 0 saturated heterocycles. The van der Waals surface area contributed by atoms with Gasteiger partial charge in [-0.05, 0) is 29.8 Å². The first-order chi connectivity index (χ1) is 10.6. The lowest BCUT2D eigenvalue weighted by atomic mass is 10.1. The summed E-state index contributed by atoms with van der Waals surface area (Å²) in [6, 6.07) is 15.5. The molecule has 0 bridgehead atoms. The maximum atomic E-state index is 12.8. The molecule has 0 aromatic heterocycles. The number of aliphatic hydroxyl groups excluding tert-OH is 1. The second-order valence-corrected chi connectivity index (χ2v) is 5.95. The summed E-state index contributed by atoms with van der Waals surface area (Å²) in [5, 5.41) is 12.6. The highest BCUT2D eigenvalue weighted by Crippen LogP contribution is 2.17. The van der Waals surface area contributed by atoms with Crippen molar-refractivity contribution >= 4 is 17.7 Å². The molecule has 2 aromatic rings. The first-order valence-corrected chi connectivity index (χ1v) is 8.02. The van der Waals surface area contributed by atoms with Crippen molar-refractivity contribution in [3.05, 3.63) is 66.0 Å². The predicted molar refractivity (Wildman–Crippen MR) is 86.2 cm³/mol. The largest absolute Gasteiger partial charge is 0.387 e. The van der Waals surface area contributed by atoms with Gasteiger partial charge >= 0.3 is 0 Å². The van der Waals surface area contributed by atoms with E-state index < -0.39 is 6.10 Å². The van der Waals surface area contributed by atoms with Crippen molar-refractivity contribution in [3.63, 3.8) is 0 Å². The number of thioether (sulfide) groups is 1. The summed E-state index contributed by atoms with van der Waals surface area (Å²) in [6.07, 6.45) is -0.443. The van der Waals surface area contributed by atoms with Crippen LogP contribution in [0.4, 0.5) is 4.39 Å². The smallest absolute Gasteiger partial charge is 0.220 e. The average molecular weight is 319 g/mol. The number of benzene rings is 2. The SMILES string of the molecule is O=C(CCSc1ccccc1)NCC(O)c1ccc(F)cc1. The van der Waals surface area contributed by atoms with Gasteiger partial charge in [-0.2, -0.15) is 0 Å². The van der Waals surface area contributed by atoms with E-state index in [1.165, 1.54) is 24.3 Å². The van der Waals surface area contributed by atoms with E-state index in [2.05, 4.69) is 5.32 Å². The Morgan fingerprint density at radius 2 is 1.82 bits per heavy atom. The number of hydrogen-bond acceptors (Lipinski definition) is 3. The van der Waals surface area contributed by atoms with Gasteiger partial charge in [-0.15, -0.1) is 11.8 Å². The lowest BCUT2D eigenvalue weighted by molar-refractivity contribution is -0.121. The molecule has 0 heterocycles. The Morgan fingerprint density at radius 3 is 2.50 bits per heavy atom. The molecule has 0 aliphatic rings. The van der Waals surface area contributed by atoms with Gasteiger partial charge in [0, 0.05) is 23.6 Å². The van der Waals surface area contributed by atoms with Crippen molar-refractivity contribution in [1.29, 1.82) is 0 Å². The molecule has 5 heteroatoms. The molecular weight excluding hydrogens is 301 g/mol. The highest BCUT2D eigenvalue weighted by atomic mass is 32.2. The number of amides is 1. The fraction of sp³-hybridized carbons (Fsp3) is 0.235. The van der Waals surface area contributed by atoms with Gasteiger partial charge in [-0.3, -0.25) is 4.79 Å². The molecular formula is C17H18FNO2S. The van der Waals surface area contributed by atoms with Crippen LogP contribution in [0.1, 0.15) is 18.1 Å². The highest BCUT2D eigenvalue weighted by Gasteiger charge is 2.09. The molecule has 22 heavy (non-hydrogen) atoms. The number of halogens is 1. The van der Waals surface area contributed by atoms with Crippen LogP contribution in [-0.4, -0.2) is 23.3 Å². The summed E-state index contributed by atoms with van der Waals surface area (Å²) >= 11 is 1.62. The number of carbonyl (C=O) groups excluding carboxylic acids is 1. The Labute approximate surface area is 133 Å². The zero-order chi connectivity index (χ0) is 15.8. The molecule has 2 N–H and O–H groups in total. The van der Waals surface area contributed by atoms with E-state index in [0.717, 1.165) is 4.90 Å². The molecule has 0 spiro atoms. The van der Waals surface area contributed by atoms with Crippen LogP contribution in [-0.2, 0) is 4.79 Å². The van der Waals surface area contributed by atoms with E-state index in [4.69, 9.17) is 0 Å². The maximum absolute atomic E-state index is 12.8. The number of aliphatic hydroxyl groups is 1. The molecule has 1 unspecified atom stereocenters. The van der Waals surface area contributed by atoms with Crippen molar-refractivity contribution in [2.45, 2.75) is 17.4 Å². The van der Waals surface area contributed by atoms with Crippen LogP contribution in [0.2, 0.25) is 0 Å². The standard InChI is InChI=1S/C17H18FNO2S/c18-14-8-6-13(7-9-14)16(20)12-19-17(21)10-11-22-15-4-2-1-3-5-15/h1-9,16,20H,10-12H2,(H,19,21). The van der Waals surface area contributed by atoms with Crippen LogP contribution in [0, 0.1) is 5.82 Å². The number of nitrogens with one attached hydrogen (secondary N) is 1. The van der Waals surface area contributed by atoms with Crippen molar-refractivity contribution in [3.8, 4) is 0 Å². The predicted octanol–water partition coefficient (Wildman–Crippen LogP) is 3.16. The summed E-state index contributed by atoms with van der Waals surface area (Å²) in [6.45, 7) is 0.125. The Morgan fingerprint density at radius 1 is 1.14 bits per heavy atom. The number of rotatable bonds is 7. The van der Waals surface area contributed by atoms with Crippen molar-refractivity contribution < 1.29 is 14.3 Å². The Hall–Kier alpha value is -1.85. The zero-order valence-corrected chi connectivity index (χ0v) is 12.9. The van der Waals surface area contributed by atoms with Gasteiger partial charge < -0.3 is 10.4 Å². The normalized spacial score (nSPS) is 11.9. The van der Waals surface area contributed by atoms with Gasteiger partial charge in [-0.1, -0.05) is 30.3 Å². The van der Waals surface area contributed by atoms with Crippen LogP contribution < -0.4 is 5.32 Å². The first-order valence-electron chi connectivity index (χ1n) is 7.03. The summed E-state index contributed by atoms with van der Waals surface area (Å²) < 4.78 is 12.8. The maximum Gasteiger partial charge on any atom is 0.220 e. The number of carbonyl (C=O) groups is 1. The summed E-state index contributed by atoms with van der Waals surface area (Å²) in [5.41, 5.74) is 0.584. The molecule has 2 aromatic carbocycles. The molecule has 2 rings (SSSR count). The van der Waals surface area contributed by atoms with Crippen LogP contribution in [0.15, 0.2) is 59.5 Å². The van der Waals surface area contributed by atoms with Gasteiger partial charge in [0.15, 0.2) is 0 Å². The third-order valence-electron chi connectivity index (χ3n) is 3.09. The molecule has 3 nitrogen and oxygen atoms in total. The molecule has 1 atom stereocenters. The van der Waals surface area contributed by atoms with E-state index in [9.17, 15) is 14.3 Å². The van der Waals surface area contributed by atoms with Gasteiger partial charge in [0.25, 0.3) is 0 Å². The second kappa shape index (κ2) is 8.56. The lowest BCUT2D eigenvalue weighted by Crippen LogP contribution is -2.28. The molecule has 0 fully saturated rings. The van der Waals surface area contributed by atoms with Crippen molar-refractivity contribution in [1.82, 2.24) is 5.32 Å². The fourth-order valence-corrected chi connectivity index (χ4v) is 2.75. The number of hydrogen-bond donors (Lipinski definition) is 2. The average Bonchev–Trinajstić information content (AvgIpc) is 2.54. The van der Waals surface area contributed by atoms with Gasteiger partial charge in [-0.25, -0.2) is 4.39 Å². The van der Waals surface area contributed by atoms with E-state index in [0.29, 0.717) is 17.7 Å². The third kappa shape index (κ3) is 5.50. The Balaban J connectivity index is 1.68. The minimum atomic E-state index is -0.827. The minimum absolute atomic E-state index is 0.107. The summed E-state index contributed by atoms with van der Waals surface area (Å²) in [4.78, 5) is 12.9.